The predicted octanol–water partition coefficient (Wildman–Crippen LogP) is 3.82. The van der Waals surface area contributed by atoms with E-state index in [1.807, 2.05) is 24.3 Å². The summed E-state index contributed by atoms with van der Waals surface area (Å²) >= 11 is 0. The molecule has 0 fully saturated rings. The van der Waals surface area contributed by atoms with Crippen molar-refractivity contribution in [1.29, 1.82) is 0 Å². The van der Waals surface area contributed by atoms with Gasteiger partial charge in [-0.3, -0.25) is 4.98 Å². The number of benzene rings is 2. The molecule has 0 atom stereocenters. The van der Waals surface area contributed by atoms with E-state index in [9.17, 15) is 4.79 Å². The van der Waals surface area contributed by atoms with E-state index in [4.69, 9.17) is 14.2 Å². The first-order chi connectivity index (χ1) is 11.2. The summed E-state index contributed by atoms with van der Waals surface area (Å²) in [5.74, 6) is 1.20. The minimum absolute atomic E-state index is 0.361. The van der Waals surface area contributed by atoms with Crippen molar-refractivity contribution in [2.75, 3.05) is 14.2 Å². The molecule has 23 heavy (non-hydrogen) atoms. The van der Waals surface area contributed by atoms with Crippen LogP contribution in [-0.4, -0.2) is 25.2 Å². The van der Waals surface area contributed by atoms with Crippen LogP contribution in [0.15, 0.2) is 54.7 Å². The summed E-state index contributed by atoms with van der Waals surface area (Å²) in [4.78, 5) is 16.1. The number of rotatable bonds is 4. The molecule has 1 aromatic heterocycles. The second-order valence-corrected chi connectivity index (χ2v) is 4.82. The number of carbonyl (C=O) groups excluding carboxylic acids is 1. The van der Waals surface area contributed by atoms with Crippen LogP contribution in [0, 0.1) is 0 Å². The number of pyridine rings is 1. The number of ether oxygens (including phenoxy) is 3. The van der Waals surface area contributed by atoms with Crippen molar-refractivity contribution in [1.82, 2.24) is 4.98 Å². The number of fused-ring (bicyclic) bond motifs is 1. The third-order valence-corrected chi connectivity index (χ3v) is 3.37. The molecule has 3 rings (SSSR count). The smallest absolute Gasteiger partial charge is 0.338 e. The summed E-state index contributed by atoms with van der Waals surface area (Å²) in [6, 6.07) is 14.4. The Labute approximate surface area is 133 Å². The molecule has 116 valence electrons. The van der Waals surface area contributed by atoms with E-state index >= 15 is 0 Å². The maximum atomic E-state index is 11.8. The fraction of sp³-hybridized carbons (Fsp3) is 0.111. The topological polar surface area (TPSA) is 57.7 Å². The summed E-state index contributed by atoms with van der Waals surface area (Å²) in [5.41, 5.74) is 1.20. The lowest BCUT2D eigenvalue weighted by atomic mass is 10.2. The molecule has 5 nitrogen and oxygen atoms in total. The first-order valence-electron chi connectivity index (χ1n) is 7.00. The van der Waals surface area contributed by atoms with Crippen LogP contribution in [0.25, 0.3) is 10.9 Å². The van der Waals surface area contributed by atoms with Gasteiger partial charge in [0, 0.05) is 17.6 Å². The van der Waals surface area contributed by atoms with Crippen molar-refractivity contribution >= 4 is 16.9 Å². The van der Waals surface area contributed by atoms with Crippen LogP contribution in [0.3, 0.4) is 0 Å². The molecule has 2 aromatic carbocycles. The van der Waals surface area contributed by atoms with Crippen molar-refractivity contribution in [3.63, 3.8) is 0 Å². The van der Waals surface area contributed by atoms with Crippen LogP contribution in [0.5, 0.6) is 17.2 Å². The van der Waals surface area contributed by atoms with E-state index in [0.29, 0.717) is 22.8 Å². The summed E-state index contributed by atoms with van der Waals surface area (Å²) in [6.07, 6.45) is 1.68. The molecule has 0 bridgehead atoms. The van der Waals surface area contributed by atoms with Crippen molar-refractivity contribution in [3.05, 3.63) is 60.3 Å². The second-order valence-electron chi connectivity index (χ2n) is 4.82. The molecule has 0 amide bonds. The highest BCUT2D eigenvalue weighted by Crippen LogP contribution is 2.31. The second kappa shape index (κ2) is 6.36. The Morgan fingerprint density at radius 3 is 2.57 bits per heavy atom. The Morgan fingerprint density at radius 1 is 1.00 bits per heavy atom. The monoisotopic (exact) mass is 309 g/mol. The first-order valence-corrected chi connectivity index (χ1v) is 7.00. The van der Waals surface area contributed by atoms with Gasteiger partial charge in [0.15, 0.2) is 0 Å². The zero-order valence-corrected chi connectivity index (χ0v) is 12.8. The molecule has 0 saturated heterocycles. The lowest BCUT2D eigenvalue weighted by molar-refractivity contribution is 0.0600. The zero-order chi connectivity index (χ0) is 16.2. The van der Waals surface area contributed by atoms with Gasteiger partial charge in [0.25, 0.3) is 0 Å². The van der Waals surface area contributed by atoms with Crippen LogP contribution in [0.2, 0.25) is 0 Å². The fourth-order valence-electron chi connectivity index (χ4n) is 2.27. The molecule has 0 saturated carbocycles. The van der Waals surface area contributed by atoms with E-state index in [0.717, 1.165) is 10.9 Å². The number of esters is 1. The Morgan fingerprint density at radius 2 is 1.78 bits per heavy atom. The number of methoxy groups -OCH3 is 2. The molecule has 0 radical (unpaired) electrons. The number of carbonyl (C=O) groups is 1. The number of hydrogen-bond acceptors (Lipinski definition) is 5. The Kier molecular flexibility index (Phi) is 4.10. The largest absolute Gasteiger partial charge is 0.497 e. The average Bonchev–Trinajstić information content (AvgIpc) is 2.61. The summed E-state index contributed by atoms with van der Waals surface area (Å²) in [5, 5.41) is 0.887. The van der Waals surface area contributed by atoms with Gasteiger partial charge in [-0.05, 0) is 30.3 Å². The first kappa shape index (κ1) is 14.8. The SMILES string of the molecule is COC(=O)c1cc(OC)cc(Oc2ccnc3ccccc23)c1. The number of aromatic nitrogens is 1. The number of nitrogens with zero attached hydrogens (tertiary/aromatic N) is 1. The maximum absolute atomic E-state index is 11.8. The molecule has 0 N–H and O–H groups in total. The van der Waals surface area contributed by atoms with Crippen molar-refractivity contribution in [2.24, 2.45) is 0 Å². The maximum Gasteiger partial charge on any atom is 0.338 e. The Balaban J connectivity index is 2.03. The van der Waals surface area contributed by atoms with E-state index in [2.05, 4.69) is 4.98 Å². The molecular weight excluding hydrogens is 294 g/mol. The highest BCUT2D eigenvalue weighted by Gasteiger charge is 2.11. The van der Waals surface area contributed by atoms with Gasteiger partial charge in [-0.25, -0.2) is 4.79 Å². The Hall–Kier alpha value is -3.08. The van der Waals surface area contributed by atoms with E-state index in [1.54, 1.807) is 30.5 Å². The molecule has 0 aliphatic rings. The van der Waals surface area contributed by atoms with Crippen molar-refractivity contribution in [3.8, 4) is 17.2 Å². The molecule has 0 aliphatic heterocycles. The van der Waals surface area contributed by atoms with E-state index in [-0.39, 0.29) is 0 Å². The molecule has 5 heteroatoms. The van der Waals surface area contributed by atoms with Gasteiger partial charge in [0.2, 0.25) is 0 Å². The number of hydrogen-bond donors (Lipinski definition) is 0. The van der Waals surface area contributed by atoms with Gasteiger partial charge >= 0.3 is 5.97 Å². The predicted molar refractivity (Wildman–Crippen MR) is 86.2 cm³/mol. The van der Waals surface area contributed by atoms with Gasteiger partial charge < -0.3 is 14.2 Å². The summed E-state index contributed by atoms with van der Waals surface area (Å²) in [6.45, 7) is 0. The zero-order valence-electron chi connectivity index (χ0n) is 12.8. The normalized spacial score (nSPS) is 10.3. The highest BCUT2D eigenvalue weighted by atomic mass is 16.5. The minimum Gasteiger partial charge on any atom is -0.497 e. The van der Waals surface area contributed by atoms with Gasteiger partial charge in [0.05, 0.1) is 25.3 Å². The molecule has 0 aliphatic carbocycles. The quantitative estimate of drug-likeness (QED) is 0.686. The van der Waals surface area contributed by atoms with Crippen molar-refractivity contribution in [2.45, 2.75) is 0 Å². The van der Waals surface area contributed by atoms with Crippen LogP contribution < -0.4 is 9.47 Å². The molecule has 0 spiro atoms. The van der Waals surface area contributed by atoms with Crippen LogP contribution in [0.1, 0.15) is 10.4 Å². The molecular formula is C18H15NO4. The summed E-state index contributed by atoms with van der Waals surface area (Å²) in [7, 11) is 2.86. The third-order valence-electron chi connectivity index (χ3n) is 3.37. The Bertz CT molecular complexity index is 855. The van der Waals surface area contributed by atoms with Crippen LogP contribution in [0.4, 0.5) is 0 Å². The molecule has 0 unspecified atom stereocenters. The average molecular weight is 309 g/mol. The van der Waals surface area contributed by atoms with Gasteiger partial charge in [0.1, 0.15) is 17.2 Å². The standard InChI is InChI=1S/C18H15NO4/c1-21-13-9-12(18(20)22-2)10-14(11-13)23-17-7-8-19-16-6-4-3-5-15(16)17/h3-11H,1-2H3. The highest BCUT2D eigenvalue weighted by molar-refractivity contribution is 5.90. The lowest BCUT2D eigenvalue weighted by Gasteiger charge is -2.11. The molecule has 1 heterocycles. The molecule has 3 aromatic rings. The van der Waals surface area contributed by atoms with Gasteiger partial charge in [-0.1, -0.05) is 12.1 Å². The van der Waals surface area contributed by atoms with Crippen LogP contribution >= 0.6 is 0 Å². The van der Waals surface area contributed by atoms with Crippen molar-refractivity contribution < 1.29 is 19.0 Å². The minimum atomic E-state index is -0.451. The van der Waals surface area contributed by atoms with E-state index < -0.39 is 5.97 Å². The van der Waals surface area contributed by atoms with Gasteiger partial charge in [-0.2, -0.15) is 0 Å². The van der Waals surface area contributed by atoms with Crippen LogP contribution in [-0.2, 0) is 4.74 Å². The van der Waals surface area contributed by atoms with Gasteiger partial charge in [-0.15, -0.1) is 0 Å². The fourth-order valence-corrected chi connectivity index (χ4v) is 2.27. The third kappa shape index (κ3) is 3.08. The number of para-hydroxylation sites is 1. The summed E-state index contributed by atoms with van der Waals surface area (Å²) < 4.78 is 15.9. The van der Waals surface area contributed by atoms with E-state index in [1.165, 1.54) is 14.2 Å². The lowest BCUT2D eigenvalue weighted by Crippen LogP contribution is -2.02.